The molecule has 4 nitrogen and oxygen atoms in total. The molecule has 2 aromatic rings. The van der Waals surface area contributed by atoms with E-state index in [1.54, 1.807) is 19.2 Å². The summed E-state index contributed by atoms with van der Waals surface area (Å²) in [5.41, 5.74) is 0.972. The van der Waals surface area contributed by atoms with Gasteiger partial charge in [-0.15, -0.1) is 0 Å². The van der Waals surface area contributed by atoms with Crippen LogP contribution in [0.5, 0.6) is 0 Å². The molecular weight excluding hydrogens is 299 g/mol. The minimum atomic E-state index is -0.344. The Kier molecular flexibility index (Phi) is 3.53. The lowest BCUT2D eigenvalue weighted by Gasteiger charge is -2.07. The highest BCUT2D eigenvalue weighted by atomic mass is 79.9. The lowest BCUT2D eigenvalue weighted by atomic mass is 10.1. The number of halogens is 2. The minimum Gasteiger partial charge on any atom is -0.250 e. The standard InChI is InChI=1S/C12H8BrFN4/c1-18(7-15)12-16-5-8(6-17-12)10-4-9(13)2-3-11(10)14/h2-6H,1H3. The summed E-state index contributed by atoms with van der Waals surface area (Å²) in [4.78, 5) is 9.24. The summed E-state index contributed by atoms with van der Waals surface area (Å²) >= 11 is 3.28. The van der Waals surface area contributed by atoms with Crippen molar-refractivity contribution in [2.75, 3.05) is 11.9 Å². The molecule has 0 radical (unpaired) electrons. The highest BCUT2D eigenvalue weighted by Crippen LogP contribution is 2.25. The van der Waals surface area contributed by atoms with E-state index in [2.05, 4.69) is 25.9 Å². The van der Waals surface area contributed by atoms with Crippen molar-refractivity contribution in [2.24, 2.45) is 0 Å². The first kappa shape index (κ1) is 12.5. The van der Waals surface area contributed by atoms with Crippen LogP contribution in [0.1, 0.15) is 0 Å². The predicted molar refractivity (Wildman–Crippen MR) is 69.1 cm³/mol. The highest BCUT2D eigenvalue weighted by Gasteiger charge is 2.08. The summed E-state index contributed by atoms with van der Waals surface area (Å²) in [6.45, 7) is 0. The third-order valence-corrected chi connectivity index (χ3v) is 2.82. The highest BCUT2D eigenvalue weighted by molar-refractivity contribution is 9.10. The van der Waals surface area contributed by atoms with Crippen LogP contribution in [0.3, 0.4) is 0 Å². The van der Waals surface area contributed by atoms with E-state index < -0.39 is 0 Å². The molecule has 0 aliphatic rings. The van der Waals surface area contributed by atoms with E-state index in [1.807, 2.05) is 6.19 Å². The van der Waals surface area contributed by atoms with E-state index in [0.29, 0.717) is 11.1 Å². The predicted octanol–water partition coefficient (Wildman–Crippen LogP) is 2.96. The third kappa shape index (κ3) is 2.46. The second-order valence-electron chi connectivity index (χ2n) is 3.55. The molecule has 1 heterocycles. The van der Waals surface area contributed by atoms with Crippen molar-refractivity contribution in [3.8, 4) is 17.3 Å². The molecule has 0 saturated heterocycles. The molecule has 0 unspecified atom stereocenters. The Morgan fingerprint density at radius 1 is 1.33 bits per heavy atom. The smallest absolute Gasteiger partial charge is 0.238 e. The van der Waals surface area contributed by atoms with Crippen molar-refractivity contribution in [1.82, 2.24) is 9.97 Å². The summed E-state index contributed by atoms with van der Waals surface area (Å²) in [7, 11) is 1.55. The maximum atomic E-state index is 13.6. The molecule has 0 N–H and O–H groups in total. The molecular formula is C12H8BrFN4. The topological polar surface area (TPSA) is 52.8 Å². The van der Waals surface area contributed by atoms with Gasteiger partial charge in [-0.2, -0.15) is 5.26 Å². The fourth-order valence-electron chi connectivity index (χ4n) is 1.40. The van der Waals surface area contributed by atoms with E-state index in [0.717, 1.165) is 4.47 Å². The number of nitriles is 1. The van der Waals surface area contributed by atoms with Crippen molar-refractivity contribution < 1.29 is 4.39 Å². The van der Waals surface area contributed by atoms with E-state index in [1.165, 1.54) is 23.4 Å². The zero-order valence-corrected chi connectivity index (χ0v) is 11.0. The van der Waals surface area contributed by atoms with Gasteiger partial charge in [-0.25, -0.2) is 14.4 Å². The monoisotopic (exact) mass is 306 g/mol. The van der Waals surface area contributed by atoms with Gasteiger partial charge in [0.1, 0.15) is 5.82 Å². The van der Waals surface area contributed by atoms with Gasteiger partial charge in [0, 0.05) is 35.0 Å². The molecule has 0 bridgehead atoms. The van der Waals surface area contributed by atoms with Crippen molar-refractivity contribution in [3.05, 3.63) is 40.9 Å². The number of hydrogen-bond donors (Lipinski definition) is 0. The van der Waals surface area contributed by atoms with Crippen LogP contribution >= 0.6 is 15.9 Å². The third-order valence-electron chi connectivity index (χ3n) is 2.33. The van der Waals surface area contributed by atoms with Gasteiger partial charge in [-0.3, -0.25) is 4.90 Å². The molecule has 0 atom stereocenters. The molecule has 0 aliphatic heterocycles. The van der Waals surface area contributed by atoms with Crippen molar-refractivity contribution in [2.45, 2.75) is 0 Å². The number of nitrogens with zero attached hydrogens (tertiary/aromatic N) is 4. The normalized spacial score (nSPS) is 9.89. The van der Waals surface area contributed by atoms with Crippen LogP contribution in [0.15, 0.2) is 35.1 Å². The summed E-state index contributed by atoms with van der Waals surface area (Å²) in [5.74, 6) is -0.0696. The van der Waals surface area contributed by atoms with Crippen molar-refractivity contribution >= 4 is 21.9 Å². The molecule has 6 heteroatoms. The first-order valence-electron chi connectivity index (χ1n) is 5.02. The van der Waals surface area contributed by atoms with Gasteiger partial charge in [0.25, 0.3) is 0 Å². The fourth-order valence-corrected chi connectivity index (χ4v) is 1.76. The zero-order valence-electron chi connectivity index (χ0n) is 9.43. The van der Waals surface area contributed by atoms with Gasteiger partial charge in [0.05, 0.1) is 0 Å². The Hall–Kier alpha value is -2.00. The van der Waals surface area contributed by atoms with Crippen LogP contribution in [-0.2, 0) is 0 Å². The van der Waals surface area contributed by atoms with Gasteiger partial charge >= 0.3 is 0 Å². The van der Waals surface area contributed by atoms with Gasteiger partial charge in [0.15, 0.2) is 6.19 Å². The van der Waals surface area contributed by atoms with Crippen molar-refractivity contribution in [3.63, 3.8) is 0 Å². The lowest BCUT2D eigenvalue weighted by molar-refractivity contribution is 0.631. The number of hydrogen-bond acceptors (Lipinski definition) is 4. The lowest BCUT2D eigenvalue weighted by Crippen LogP contribution is -2.11. The first-order chi connectivity index (χ1) is 8.61. The molecule has 2 rings (SSSR count). The van der Waals surface area contributed by atoms with Crippen LogP contribution in [0, 0.1) is 17.3 Å². The average molecular weight is 307 g/mol. The Morgan fingerprint density at radius 3 is 2.61 bits per heavy atom. The largest absolute Gasteiger partial charge is 0.250 e. The maximum absolute atomic E-state index is 13.6. The molecule has 1 aromatic heterocycles. The van der Waals surface area contributed by atoms with Crippen LogP contribution < -0.4 is 4.90 Å². The van der Waals surface area contributed by atoms with Crippen molar-refractivity contribution in [1.29, 1.82) is 5.26 Å². The average Bonchev–Trinajstić information content (AvgIpc) is 2.41. The van der Waals surface area contributed by atoms with Crippen LogP contribution in [0.25, 0.3) is 11.1 Å². The minimum absolute atomic E-state index is 0.275. The zero-order chi connectivity index (χ0) is 13.1. The molecule has 0 fully saturated rings. The molecule has 90 valence electrons. The Morgan fingerprint density at radius 2 is 2.00 bits per heavy atom. The van der Waals surface area contributed by atoms with Crippen LogP contribution in [-0.4, -0.2) is 17.0 Å². The molecule has 0 spiro atoms. The molecule has 1 aromatic carbocycles. The molecule has 0 saturated carbocycles. The Bertz CT molecular complexity index is 606. The fraction of sp³-hybridized carbons (Fsp3) is 0.0833. The SMILES string of the molecule is CN(C#N)c1ncc(-c2cc(Br)ccc2F)cn1. The summed E-state index contributed by atoms with van der Waals surface area (Å²) in [6.07, 6.45) is 4.86. The van der Waals surface area contributed by atoms with E-state index in [4.69, 9.17) is 5.26 Å². The quantitative estimate of drug-likeness (QED) is 0.632. The van der Waals surface area contributed by atoms with Gasteiger partial charge in [-0.1, -0.05) is 15.9 Å². The number of aromatic nitrogens is 2. The molecule has 0 aliphatic carbocycles. The number of anilines is 1. The molecule has 0 amide bonds. The molecule has 18 heavy (non-hydrogen) atoms. The summed E-state index contributed by atoms with van der Waals surface area (Å²) < 4.78 is 14.4. The van der Waals surface area contributed by atoms with Gasteiger partial charge < -0.3 is 0 Å². The Labute approximate surface area is 112 Å². The number of rotatable bonds is 2. The maximum Gasteiger partial charge on any atom is 0.238 e. The van der Waals surface area contributed by atoms with Crippen LogP contribution in [0.2, 0.25) is 0 Å². The van der Waals surface area contributed by atoms with E-state index in [-0.39, 0.29) is 11.8 Å². The van der Waals surface area contributed by atoms with E-state index >= 15 is 0 Å². The summed E-state index contributed by atoms with van der Waals surface area (Å²) in [6, 6.07) is 4.65. The summed E-state index contributed by atoms with van der Waals surface area (Å²) in [5, 5.41) is 8.68. The van der Waals surface area contributed by atoms with Gasteiger partial charge in [-0.05, 0) is 18.2 Å². The van der Waals surface area contributed by atoms with Crippen LogP contribution in [0.4, 0.5) is 10.3 Å². The second kappa shape index (κ2) is 5.10. The van der Waals surface area contributed by atoms with E-state index in [9.17, 15) is 4.39 Å². The first-order valence-corrected chi connectivity index (χ1v) is 5.82. The number of benzene rings is 1. The second-order valence-corrected chi connectivity index (χ2v) is 4.47. The Balaban J connectivity index is 2.41. The van der Waals surface area contributed by atoms with Gasteiger partial charge in [0.2, 0.25) is 5.95 Å².